The molecule has 0 bridgehead atoms. The Balaban J connectivity index is 0. The van der Waals surface area contributed by atoms with Gasteiger partial charge in [0.25, 0.3) is 0 Å². The number of carboxylic acids is 2. The predicted molar refractivity (Wildman–Crippen MR) is 62.1 cm³/mol. The average Bonchev–Trinajstić information content (AvgIpc) is 2.87. The van der Waals surface area contributed by atoms with Crippen molar-refractivity contribution < 1.29 is 78.9 Å². The van der Waals surface area contributed by atoms with Crippen molar-refractivity contribution in [2.75, 3.05) is 0 Å². The number of nitrogens with zero attached hydrogens (tertiary/aromatic N) is 8. The fraction of sp³-hybridized carbons (Fsp3) is 0.667. The molecule has 0 aromatic rings. The molecule has 0 unspecified atom stereocenters. The van der Waals surface area contributed by atoms with E-state index in [2.05, 4.69) is 66.6 Å². The van der Waals surface area contributed by atoms with E-state index in [0.29, 0.717) is 0 Å². The second-order valence-corrected chi connectivity index (χ2v) is 4.84. The van der Waals surface area contributed by atoms with Crippen molar-refractivity contribution in [3.8, 4) is 0 Å². The van der Waals surface area contributed by atoms with Gasteiger partial charge in [-0.15, -0.1) is 45.7 Å². The van der Waals surface area contributed by atoms with Crippen molar-refractivity contribution in [3.05, 3.63) is 0 Å². The standard InChI is InChI=1S/2C3H4N4O2S.2Na/c2*8-2(9)1-3(10)4-6-7-5-3;;/h2*10H,1H2,(H,8,9);;/q;;2*+1/p-2. The molecule has 2 rings (SSSR count). The Labute approximate surface area is 178 Å². The average molecular weight is 364 g/mol. The van der Waals surface area contributed by atoms with E-state index in [1.165, 1.54) is 0 Å². The number of aliphatic carboxylic acids is 2. The maximum Gasteiger partial charge on any atom is 1.00 e. The van der Waals surface area contributed by atoms with Crippen LogP contribution in [0.1, 0.15) is 12.8 Å². The summed E-state index contributed by atoms with van der Waals surface area (Å²) in [5.41, 5.74) is 0. The van der Waals surface area contributed by atoms with Crippen LogP contribution in [0.2, 0.25) is 0 Å². The second kappa shape index (κ2) is 10.7. The first-order valence-electron chi connectivity index (χ1n) is 4.77. The van der Waals surface area contributed by atoms with Crippen molar-refractivity contribution in [1.82, 2.24) is 0 Å². The molecule has 22 heavy (non-hydrogen) atoms. The molecule has 0 aromatic heterocycles. The first kappa shape index (κ1) is 24.3. The summed E-state index contributed by atoms with van der Waals surface area (Å²) >= 11 is 7.56. The molecule has 0 saturated heterocycles. The summed E-state index contributed by atoms with van der Waals surface area (Å²) < 4.78 is 0. The number of carbonyl (C=O) groups is 2. The molecule has 0 atom stereocenters. The van der Waals surface area contributed by atoms with Gasteiger partial charge in [0.1, 0.15) is 0 Å². The number of carbonyl (C=O) groups excluding carboxylic acids is 2. The minimum Gasteiger partial charge on any atom is -0.550 e. The number of hydrogen-bond acceptors (Lipinski definition) is 14. The molecule has 0 N–H and O–H groups in total. The summed E-state index contributed by atoms with van der Waals surface area (Å²) in [5.74, 6) is -2.57. The van der Waals surface area contributed by atoms with Crippen molar-refractivity contribution in [3.63, 3.8) is 0 Å². The SMILES string of the molecule is O=C([O-])CC1(S)N=NN=N1.O=C([O-])CC1(S)N=NN=N1.[Na+].[Na+]. The molecule has 0 saturated carbocycles. The van der Waals surface area contributed by atoms with Gasteiger partial charge in [-0.2, -0.15) is 0 Å². The molecule has 2 aliphatic rings. The molecule has 2 aliphatic heterocycles. The molecule has 0 spiro atoms. The number of carboxylic acid groups (broad SMARTS) is 2. The molecule has 0 radical (unpaired) electrons. The molecular formula is C6H6N8Na2O4S2. The molecule has 0 amide bonds. The Bertz CT molecular complexity index is 457. The van der Waals surface area contributed by atoms with E-state index in [4.69, 9.17) is 0 Å². The predicted octanol–water partition coefficient (Wildman–Crippen LogP) is -6.91. The maximum absolute atomic E-state index is 10.00. The molecule has 108 valence electrons. The molecule has 2 heterocycles. The second-order valence-electron chi connectivity index (χ2n) is 3.40. The molecular weight excluding hydrogens is 358 g/mol. The van der Waals surface area contributed by atoms with Gasteiger partial charge in [-0.3, -0.25) is 0 Å². The van der Waals surface area contributed by atoms with Crippen LogP contribution in [0.4, 0.5) is 0 Å². The van der Waals surface area contributed by atoms with Gasteiger partial charge in [0.2, 0.25) is 9.99 Å². The number of thiol groups is 2. The molecule has 12 nitrogen and oxygen atoms in total. The molecule has 16 heteroatoms. The van der Waals surface area contributed by atoms with E-state index in [1.54, 1.807) is 0 Å². The summed E-state index contributed by atoms with van der Waals surface area (Å²) in [5, 5.41) is 45.8. The van der Waals surface area contributed by atoms with Crippen LogP contribution in [0.15, 0.2) is 41.4 Å². The number of hydrogen-bond donors (Lipinski definition) is 2. The quantitative estimate of drug-likeness (QED) is 0.372. The summed E-state index contributed by atoms with van der Waals surface area (Å²) in [6.45, 7) is 0. The Morgan fingerprint density at radius 1 is 0.727 bits per heavy atom. The zero-order valence-electron chi connectivity index (χ0n) is 11.5. The molecule has 0 aliphatic carbocycles. The van der Waals surface area contributed by atoms with E-state index < -0.39 is 34.8 Å². The zero-order valence-corrected chi connectivity index (χ0v) is 17.3. The van der Waals surface area contributed by atoms with Crippen LogP contribution in [-0.2, 0) is 9.59 Å². The van der Waals surface area contributed by atoms with Gasteiger partial charge in [0.15, 0.2) is 0 Å². The Kier molecular flexibility index (Phi) is 11.9. The van der Waals surface area contributed by atoms with Gasteiger partial charge in [-0.25, -0.2) is 0 Å². The van der Waals surface area contributed by atoms with Crippen molar-refractivity contribution in [2.45, 2.75) is 22.8 Å². The minimum atomic E-state index is -1.33. The third kappa shape index (κ3) is 9.24. The van der Waals surface area contributed by atoms with Gasteiger partial charge in [0, 0.05) is 24.8 Å². The van der Waals surface area contributed by atoms with Crippen LogP contribution in [-0.4, -0.2) is 21.9 Å². The topological polar surface area (TPSA) is 179 Å². The van der Waals surface area contributed by atoms with E-state index in [-0.39, 0.29) is 59.1 Å². The first-order valence-corrected chi connectivity index (χ1v) is 5.67. The minimum absolute atomic E-state index is 0. The Morgan fingerprint density at radius 2 is 0.955 bits per heavy atom. The molecule has 0 aromatic carbocycles. The van der Waals surface area contributed by atoms with Crippen molar-refractivity contribution >= 4 is 37.2 Å². The Morgan fingerprint density at radius 3 is 1.14 bits per heavy atom. The van der Waals surface area contributed by atoms with E-state index in [1.807, 2.05) is 0 Å². The van der Waals surface area contributed by atoms with Gasteiger partial charge < -0.3 is 19.8 Å². The zero-order chi connectivity index (χ0) is 15.2. The maximum atomic E-state index is 10.00. The van der Waals surface area contributed by atoms with Crippen LogP contribution in [0.25, 0.3) is 0 Å². The Hall–Kier alpha value is 0.0400. The van der Waals surface area contributed by atoms with E-state index >= 15 is 0 Å². The fourth-order valence-corrected chi connectivity index (χ4v) is 1.35. The summed E-state index contributed by atoms with van der Waals surface area (Å²) in [4.78, 5) is 17.3. The molecule has 0 fully saturated rings. The van der Waals surface area contributed by atoms with Crippen LogP contribution >= 0.6 is 25.3 Å². The van der Waals surface area contributed by atoms with Gasteiger partial charge in [-0.05, 0) is 20.9 Å². The van der Waals surface area contributed by atoms with Crippen molar-refractivity contribution in [2.24, 2.45) is 41.4 Å². The van der Waals surface area contributed by atoms with Crippen LogP contribution in [0.3, 0.4) is 0 Å². The normalized spacial score (nSPS) is 17.9. The van der Waals surface area contributed by atoms with Crippen molar-refractivity contribution in [1.29, 1.82) is 0 Å². The van der Waals surface area contributed by atoms with E-state index in [9.17, 15) is 19.8 Å². The third-order valence-corrected chi connectivity index (χ3v) is 2.34. The summed E-state index contributed by atoms with van der Waals surface area (Å²) in [6.07, 6.45) is -0.827. The third-order valence-electron chi connectivity index (χ3n) is 1.66. The smallest absolute Gasteiger partial charge is 0.550 e. The largest absolute Gasteiger partial charge is 1.00 e. The van der Waals surface area contributed by atoms with Gasteiger partial charge in [-0.1, -0.05) is 0 Å². The van der Waals surface area contributed by atoms with Crippen LogP contribution < -0.4 is 69.3 Å². The summed E-state index contributed by atoms with van der Waals surface area (Å²) in [6, 6.07) is 0. The van der Waals surface area contributed by atoms with Gasteiger partial charge in [0.05, 0.1) is 0 Å². The fourth-order valence-electron chi connectivity index (χ4n) is 0.935. The first-order chi connectivity index (χ1) is 9.25. The summed E-state index contributed by atoms with van der Waals surface area (Å²) in [7, 11) is 0. The van der Waals surface area contributed by atoms with E-state index in [0.717, 1.165) is 0 Å². The van der Waals surface area contributed by atoms with Crippen LogP contribution in [0.5, 0.6) is 0 Å². The van der Waals surface area contributed by atoms with Gasteiger partial charge >= 0.3 is 59.1 Å². The van der Waals surface area contributed by atoms with Crippen LogP contribution in [0, 0.1) is 0 Å². The number of rotatable bonds is 4. The monoisotopic (exact) mass is 364 g/mol.